The molecular formula is C19H12N2O2S2. The van der Waals surface area contributed by atoms with E-state index in [9.17, 15) is 9.90 Å². The molecule has 0 saturated carbocycles. The maximum atomic E-state index is 12.8. The first-order valence-electron chi connectivity index (χ1n) is 7.54. The predicted molar refractivity (Wildman–Crippen MR) is 106 cm³/mol. The van der Waals surface area contributed by atoms with Crippen LogP contribution in [0.25, 0.3) is 17.0 Å². The van der Waals surface area contributed by atoms with E-state index in [2.05, 4.69) is 4.98 Å². The van der Waals surface area contributed by atoms with Crippen molar-refractivity contribution in [3.63, 3.8) is 0 Å². The molecule has 0 unspecified atom stereocenters. The Labute approximate surface area is 153 Å². The van der Waals surface area contributed by atoms with Gasteiger partial charge in [0.05, 0.1) is 16.1 Å². The normalized spacial score (nSPS) is 16.2. The van der Waals surface area contributed by atoms with Crippen molar-refractivity contribution in [3.05, 3.63) is 71.3 Å². The van der Waals surface area contributed by atoms with Gasteiger partial charge in [-0.05, 0) is 36.4 Å². The molecule has 1 aliphatic heterocycles. The van der Waals surface area contributed by atoms with Gasteiger partial charge in [0.2, 0.25) is 0 Å². The number of aromatic nitrogens is 1. The average Bonchev–Trinajstić information content (AvgIpc) is 2.90. The molecule has 0 atom stereocenters. The molecule has 1 N–H and O–H groups in total. The first-order valence-corrected chi connectivity index (χ1v) is 8.77. The van der Waals surface area contributed by atoms with E-state index in [1.165, 1.54) is 28.8 Å². The topological polar surface area (TPSA) is 53.4 Å². The lowest BCUT2D eigenvalue weighted by atomic mass is 10.1. The van der Waals surface area contributed by atoms with Crippen molar-refractivity contribution in [1.82, 2.24) is 4.98 Å². The molecule has 0 radical (unpaired) electrons. The zero-order valence-corrected chi connectivity index (χ0v) is 14.6. The number of thioether (sulfide) groups is 1. The van der Waals surface area contributed by atoms with Gasteiger partial charge in [-0.15, -0.1) is 0 Å². The van der Waals surface area contributed by atoms with Crippen LogP contribution in [0.1, 0.15) is 5.56 Å². The molecule has 1 aromatic heterocycles. The summed E-state index contributed by atoms with van der Waals surface area (Å²) in [4.78, 5) is 19.3. The molecule has 1 fully saturated rings. The van der Waals surface area contributed by atoms with Gasteiger partial charge in [-0.25, -0.2) is 0 Å². The highest BCUT2D eigenvalue weighted by Crippen LogP contribution is 2.37. The lowest BCUT2D eigenvalue weighted by molar-refractivity contribution is -0.113. The van der Waals surface area contributed by atoms with Crippen molar-refractivity contribution >= 4 is 56.9 Å². The third-order valence-electron chi connectivity index (χ3n) is 3.85. The summed E-state index contributed by atoms with van der Waals surface area (Å²) < 4.78 is 0.468. The summed E-state index contributed by atoms with van der Waals surface area (Å²) in [5.41, 5.74) is 2.36. The Morgan fingerprint density at radius 2 is 1.84 bits per heavy atom. The van der Waals surface area contributed by atoms with Crippen LogP contribution in [0, 0.1) is 0 Å². The van der Waals surface area contributed by atoms with Crippen LogP contribution in [0.5, 0.6) is 5.75 Å². The number of amides is 1. The average molecular weight is 364 g/mol. The summed E-state index contributed by atoms with van der Waals surface area (Å²) in [5, 5.41) is 10.4. The third-order valence-corrected chi connectivity index (χ3v) is 5.15. The van der Waals surface area contributed by atoms with E-state index in [-0.39, 0.29) is 11.7 Å². The van der Waals surface area contributed by atoms with Crippen LogP contribution < -0.4 is 4.90 Å². The summed E-state index contributed by atoms with van der Waals surface area (Å²) in [6, 6.07) is 16.1. The minimum Gasteiger partial charge on any atom is -0.508 e. The minimum absolute atomic E-state index is 0.145. The van der Waals surface area contributed by atoms with Crippen LogP contribution in [0.4, 0.5) is 5.69 Å². The monoisotopic (exact) mass is 364 g/mol. The fourth-order valence-electron chi connectivity index (χ4n) is 2.68. The van der Waals surface area contributed by atoms with E-state index in [0.717, 1.165) is 16.5 Å². The first-order chi connectivity index (χ1) is 12.1. The number of phenols is 1. The van der Waals surface area contributed by atoms with Gasteiger partial charge >= 0.3 is 0 Å². The molecule has 4 nitrogen and oxygen atoms in total. The van der Waals surface area contributed by atoms with Gasteiger partial charge in [0.25, 0.3) is 5.91 Å². The summed E-state index contributed by atoms with van der Waals surface area (Å²) in [6.07, 6.45) is 3.57. The van der Waals surface area contributed by atoms with Crippen molar-refractivity contribution < 1.29 is 9.90 Å². The molecule has 3 aromatic rings. The van der Waals surface area contributed by atoms with Crippen LogP contribution in [-0.2, 0) is 4.79 Å². The Morgan fingerprint density at radius 1 is 1.08 bits per heavy atom. The molecule has 2 aromatic carbocycles. The highest BCUT2D eigenvalue weighted by molar-refractivity contribution is 8.27. The maximum absolute atomic E-state index is 12.8. The Kier molecular flexibility index (Phi) is 3.99. The number of aromatic hydroxyl groups is 1. The van der Waals surface area contributed by atoms with E-state index in [0.29, 0.717) is 14.9 Å². The number of nitrogens with zero attached hydrogens (tertiary/aromatic N) is 2. The third kappa shape index (κ3) is 2.90. The van der Waals surface area contributed by atoms with E-state index >= 15 is 0 Å². The quantitative estimate of drug-likeness (QED) is 0.541. The van der Waals surface area contributed by atoms with Gasteiger partial charge in [0, 0.05) is 17.1 Å². The number of thiocarbonyl (C=S) groups is 1. The zero-order valence-electron chi connectivity index (χ0n) is 12.9. The van der Waals surface area contributed by atoms with E-state index in [4.69, 9.17) is 12.2 Å². The van der Waals surface area contributed by atoms with Crippen molar-refractivity contribution in [2.45, 2.75) is 0 Å². The molecule has 1 saturated heterocycles. The number of anilines is 1. The van der Waals surface area contributed by atoms with Crippen molar-refractivity contribution in [2.24, 2.45) is 0 Å². The van der Waals surface area contributed by atoms with Crippen LogP contribution in [0.15, 0.2) is 65.7 Å². The molecule has 6 heteroatoms. The summed E-state index contributed by atoms with van der Waals surface area (Å²) in [5.74, 6) is -0.0276. The predicted octanol–water partition coefficient (Wildman–Crippen LogP) is 4.35. The second-order valence-corrected chi connectivity index (χ2v) is 7.13. The minimum atomic E-state index is -0.173. The van der Waals surface area contributed by atoms with Crippen molar-refractivity contribution in [1.29, 1.82) is 0 Å². The molecule has 0 bridgehead atoms. The number of carbonyl (C=O) groups is 1. The van der Waals surface area contributed by atoms with Gasteiger partial charge in [0.15, 0.2) is 4.32 Å². The molecule has 25 heavy (non-hydrogen) atoms. The summed E-state index contributed by atoms with van der Waals surface area (Å²) >= 11 is 6.63. The second-order valence-electron chi connectivity index (χ2n) is 5.46. The molecule has 0 spiro atoms. The van der Waals surface area contributed by atoms with Gasteiger partial charge in [-0.2, -0.15) is 0 Å². The number of phenolic OH excluding ortho intramolecular Hbond substituents is 1. The Hall–Kier alpha value is -2.70. The number of hydrogen-bond acceptors (Lipinski definition) is 5. The highest BCUT2D eigenvalue weighted by atomic mass is 32.2. The van der Waals surface area contributed by atoms with Crippen molar-refractivity contribution in [2.75, 3.05) is 4.90 Å². The molecule has 1 amide bonds. The smallest absolute Gasteiger partial charge is 0.270 e. The van der Waals surface area contributed by atoms with Gasteiger partial charge < -0.3 is 5.11 Å². The van der Waals surface area contributed by atoms with Gasteiger partial charge in [0.1, 0.15) is 5.75 Å². The number of benzene rings is 2. The molecule has 1 aliphatic rings. The van der Waals surface area contributed by atoms with E-state index < -0.39 is 0 Å². The number of para-hydroxylation sites is 1. The lowest BCUT2D eigenvalue weighted by Gasteiger charge is -2.14. The highest BCUT2D eigenvalue weighted by Gasteiger charge is 2.33. The fraction of sp³-hybridized carbons (Fsp3) is 0. The zero-order chi connectivity index (χ0) is 17.4. The molecule has 0 aliphatic carbocycles. The van der Waals surface area contributed by atoms with Gasteiger partial charge in [-0.1, -0.05) is 48.2 Å². The molecule has 122 valence electrons. The van der Waals surface area contributed by atoms with Gasteiger partial charge in [-0.3, -0.25) is 14.7 Å². The fourth-order valence-corrected chi connectivity index (χ4v) is 3.97. The van der Waals surface area contributed by atoms with Crippen LogP contribution in [0.2, 0.25) is 0 Å². The largest absolute Gasteiger partial charge is 0.508 e. The number of hydrogen-bond donors (Lipinski definition) is 1. The number of fused-ring (bicyclic) bond motifs is 1. The van der Waals surface area contributed by atoms with Crippen molar-refractivity contribution in [3.8, 4) is 5.75 Å². The van der Waals surface area contributed by atoms with Crippen LogP contribution in [-0.4, -0.2) is 20.3 Å². The Balaban J connectivity index is 1.74. The summed E-state index contributed by atoms with van der Waals surface area (Å²) in [6.45, 7) is 0. The van der Waals surface area contributed by atoms with Crippen LogP contribution >= 0.6 is 24.0 Å². The first kappa shape index (κ1) is 15.8. The second kappa shape index (κ2) is 6.31. The lowest BCUT2D eigenvalue weighted by Crippen LogP contribution is -2.27. The molecule has 4 rings (SSSR count). The standard InChI is InChI=1S/C19H12N2O2S2/c22-15-8-6-14(7-9-15)21-18(23)16(25-19(21)24)11-13-4-1-3-12-5-2-10-20-17(12)13/h1-11,22H/b16-11-. The molecule has 2 heterocycles. The Bertz CT molecular complexity index is 1020. The SMILES string of the molecule is O=C1/C(=C/c2cccc3cccnc23)SC(=S)N1c1ccc(O)cc1. The maximum Gasteiger partial charge on any atom is 0.270 e. The van der Waals surface area contributed by atoms with Crippen LogP contribution in [0.3, 0.4) is 0 Å². The molecular weight excluding hydrogens is 352 g/mol. The number of rotatable bonds is 2. The number of pyridine rings is 1. The van der Waals surface area contributed by atoms with E-state index in [1.54, 1.807) is 18.3 Å². The summed E-state index contributed by atoms with van der Waals surface area (Å²) in [7, 11) is 0. The number of carbonyl (C=O) groups excluding carboxylic acids is 1. The Morgan fingerprint density at radius 3 is 2.64 bits per heavy atom. The van der Waals surface area contributed by atoms with E-state index in [1.807, 2.05) is 36.4 Å².